The molecular formula is C7H10B2N2O6. The first kappa shape index (κ1) is 15.2. The van der Waals surface area contributed by atoms with Gasteiger partial charge in [-0.2, -0.15) is 0 Å². The number of amides is 1. The predicted octanol–water partition coefficient (Wildman–Crippen LogP) is -2.94. The number of carboxylic acids is 1. The average molecular weight is 240 g/mol. The molecule has 8 nitrogen and oxygen atoms in total. The zero-order chi connectivity index (χ0) is 13.6. The third-order valence-electron chi connectivity index (χ3n) is 1.94. The summed E-state index contributed by atoms with van der Waals surface area (Å²) >= 11 is 0. The van der Waals surface area contributed by atoms with E-state index in [9.17, 15) is 19.2 Å². The lowest BCUT2D eigenvalue weighted by Crippen LogP contribution is -2.64. The molecule has 0 heterocycles. The van der Waals surface area contributed by atoms with Gasteiger partial charge >= 0.3 is 11.6 Å². The molecule has 0 fully saturated rings. The molecule has 0 aliphatic heterocycles. The predicted molar refractivity (Wildman–Crippen MR) is 56.9 cm³/mol. The molecule has 0 spiro atoms. The molecule has 1 atom stereocenters. The van der Waals surface area contributed by atoms with E-state index in [2.05, 4.69) is 9.96 Å². The van der Waals surface area contributed by atoms with Gasteiger partial charge in [0.15, 0.2) is 5.78 Å². The second kappa shape index (κ2) is 6.04. The van der Waals surface area contributed by atoms with Crippen molar-refractivity contribution < 1.29 is 29.0 Å². The van der Waals surface area contributed by atoms with Crippen molar-refractivity contribution in [3.8, 4) is 0 Å². The molecule has 0 aliphatic rings. The Balaban J connectivity index is 5.29. The molecule has 2 radical (unpaired) electrons. The molecule has 0 saturated heterocycles. The Bertz CT molecular complexity index is 333. The highest BCUT2D eigenvalue weighted by atomic mass is 16.6. The number of aliphatic carboxylic acids is 1. The number of ketones is 1. The van der Waals surface area contributed by atoms with E-state index in [1.807, 2.05) is 5.23 Å². The van der Waals surface area contributed by atoms with Gasteiger partial charge < -0.3 is 20.3 Å². The van der Waals surface area contributed by atoms with Crippen LogP contribution in [0.3, 0.4) is 0 Å². The molecule has 10 heteroatoms. The summed E-state index contributed by atoms with van der Waals surface area (Å²) in [6, 6.07) is 0. The minimum atomic E-state index is -2.92. The van der Waals surface area contributed by atoms with Gasteiger partial charge in [0.05, 0.1) is 7.74 Å². The second-order valence-corrected chi connectivity index (χ2v) is 3.00. The number of hydrogen-bond donors (Lipinski definition) is 3. The molecule has 0 aliphatic carbocycles. The van der Waals surface area contributed by atoms with Crippen LogP contribution in [0.5, 0.6) is 0 Å². The molecule has 0 aromatic heterocycles. The summed E-state index contributed by atoms with van der Waals surface area (Å²) in [5.74, 6) is -4.40. The molecule has 0 aromatic rings. The van der Waals surface area contributed by atoms with E-state index >= 15 is 0 Å². The van der Waals surface area contributed by atoms with Crippen molar-refractivity contribution in [2.45, 2.75) is 12.5 Å². The number of hydrogen-bond acceptors (Lipinski definition) is 6. The molecule has 3 N–H and O–H groups in total. The van der Waals surface area contributed by atoms with Crippen LogP contribution >= 0.6 is 0 Å². The van der Waals surface area contributed by atoms with Gasteiger partial charge in [-0.3, -0.25) is 14.4 Å². The molecule has 17 heavy (non-hydrogen) atoms. The smallest absolute Gasteiger partial charge is 0.366 e. The summed E-state index contributed by atoms with van der Waals surface area (Å²) in [7, 11) is 6.67. The van der Waals surface area contributed by atoms with Gasteiger partial charge in [0.1, 0.15) is 0 Å². The van der Waals surface area contributed by atoms with Crippen LogP contribution in [0.4, 0.5) is 0 Å². The minimum absolute atomic E-state index is 0.292. The topological polar surface area (TPSA) is 122 Å². The van der Waals surface area contributed by atoms with E-state index in [0.29, 0.717) is 0 Å². The Labute approximate surface area is 98.6 Å². The maximum Gasteiger partial charge on any atom is 0.366 e. The van der Waals surface area contributed by atoms with Crippen molar-refractivity contribution in [3.63, 3.8) is 0 Å². The summed E-state index contributed by atoms with van der Waals surface area (Å²) in [4.78, 5) is 44.0. The highest BCUT2D eigenvalue weighted by molar-refractivity contribution is 7.01. The van der Waals surface area contributed by atoms with Gasteiger partial charge in [0, 0.05) is 0 Å². The number of nitrogens with one attached hydrogen (secondary N) is 2. The lowest BCUT2D eigenvalue weighted by molar-refractivity contribution is -0.178. The van der Waals surface area contributed by atoms with Crippen molar-refractivity contribution in [1.29, 1.82) is 0 Å². The van der Waals surface area contributed by atoms with Gasteiger partial charge in [0.2, 0.25) is 0 Å². The highest BCUT2D eigenvalue weighted by Gasteiger charge is 2.54. The van der Waals surface area contributed by atoms with Gasteiger partial charge in [-0.25, -0.2) is 4.79 Å². The number of carbonyl (C=O) groups excluding carboxylic acids is 3. The number of carbonyl (C=O) groups is 4. The zero-order valence-electron chi connectivity index (χ0n) is 9.22. The fraction of sp³-hybridized carbons (Fsp3) is 0.429. The average Bonchev–Trinajstić information content (AvgIpc) is 2.24. The Morgan fingerprint density at radius 3 is 2.29 bits per heavy atom. The van der Waals surface area contributed by atoms with Crippen molar-refractivity contribution in [3.05, 3.63) is 0 Å². The highest BCUT2D eigenvalue weighted by Crippen LogP contribution is 2.13. The van der Waals surface area contributed by atoms with Gasteiger partial charge in [0.25, 0.3) is 19.3 Å². The summed E-state index contributed by atoms with van der Waals surface area (Å²) in [6.45, 7) is -0.571. The summed E-state index contributed by atoms with van der Waals surface area (Å²) in [6.07, 6.45) is 0. The number of carboxylic acid groups (broad SMARTS) is 1. The third kappa shape index (κ3) is 3.06. The standard InChI is InChI=1S/C7H10B2N2O6/c1-4(13)7(6(15)16,17-3-12)5(14)11-9(8)10-2/h3,10H,1-2H3,(H,11,14)(H,15,16). The Morgan fingerprint density at radius 1 is 1.47 bits per heavy atom. The first-order chi connectivity index (χ1) is 7.82. The first-order valence-corrected chi connectivity index (χ1v) is 4.42. The summed E-state index contributed by atoms with van der Waals surface area (Å²) in [5, 5.41) is 13.2. The molecule has 0 aromatic carbocycles. The Kier molecular flexibility index (Phi) is 5.39. The van der Waals surface area contributed by atoms with Crippen LogP contribution in [0, 0.1) is 0 Å². The molecule has 0 bridgehead atoms. The molecule has 90 valence electrons. The van der Waals surface area contributed by atoms with Gasteiger partial charge in [-0.1, -0.05) is 0 Å². The number of Topliss-reactive ketones (excluding diaryl/α,β-unsaturated/α-hetero) is 1. The molecular weight excluding hydrogens is 230 g/mol. The fourth-order valence-corrected chi connectivity index (χ4v) is 0.982. The van der Waals surface area contributed by atoms with Crippen LogP contribution in [-0.2, 0) is 23.9 Å². The summed E-state index contributed by atoms with van der Waals surface area (Å²) < 4.78 is 4.13. The maximum absolute atomic E-state index is 11.6. The van der Waals surface area contributed by atoms with Crippen molar-refractivity contribution >= 4 is 38.7 Å². The van der Waals surface area contributed by atoms with E-state index in [1.165, 1.54) is 7.05 Å². The van der Waals surface area contributed by atoms with Crippen LogP contribution in [0.2, 0.25) is 0 Å². The van der Waals surface area contributed by atoms with Crippen LogP contribution in [0.25, 0.3) is 0 Å². The van der Waals surface area contributed by atoms with Crippen molar-refractivity contribution in [2.75, 3.05) is 7.05 Å². The second-order valence-electron chi connectivity index (χ2n) is 3.00. The summed E-state index contributed by atoms with van der Waals surface area (Å²) in [5.41, 5.74) is -2.92. The Morgan fingerprint density at radius 2 is 2.00 bits per heavy atom. The molecule has 0 saturated carbocycles. The van der Waals surface area contributed by atoms with Gasteiger partial charge in [-0.15, -0.1) is 0 Å². The molecule has 1 amide bonds. The number of rotatable bonds is 7. The zero-order valence-corrected chi connectivity index (χ0v) is 9.22. The SMILES string of the molecule is [B]B(NC)NC(=O)C(OC=O)(C(C)=O)C(=O)O. The molecule has 0 rings (SSSR count). The van der Waals surface area contributed by atoms with Crippen LogP contribution in [0.15, 0.2) is 0 Å². The minimum Gasteiger partial charge on any atom is -0.478 e. The lowest BCUT2D eigenvalue weighted by atomic mass is 9.53. The number of ether oxygens (including phenoxy) is 1. The molecule has 1 unspecified atom stereocenters. The van der Waals surface area contributed by atoms with Crippen LogP contribution in [-0.4, -0.2) is 56.5 Å². The quantitative estimate of drug-likeness (QED) is 0.247. The van der Waals surface area contributed by atoms with Crippen LogP contribution < -0.4 is 10.5 Å². The van der Waals surface area contributed by atoms with E-state index in [4.69, 9.17) is 12.8 Å². The van der Waals surface area contributed by atoms with E-state index in [1.54, 1.807) is 0 Å². The van der Waals surface area contributed by atoms with E-state index in [0.717, 1.165) is 6.92 Å². The van der Waals surface area contributed by atoms with E-state index in [-0.39, 0.29) is 6.47 Å². The van der Waals surface area contributed by atoms with Gasteiger partial charge in [-0.05, 0) is 14.0 Å². The fourth-order valence-electron chi connectivity index (χ4n) is 0.982. The third-order valence-corrected chi connectivity index (χ3v) is 1.94. The largest absolute Gasteiger partial charge is 0.478 e. The van der Waals surface area contributed by atoms with E-state index < -0.39 is 30.1 Å². The van der Waals surface area contributed by atoms with Crippen molar-refractivity contribution in [2.24, 2.45) is 0 Å². The first-order valence-electron chi connectivity index (χ1n) is 4.42. The Hall–Kier alpha value is -1.83. The lowest BCUT2D eigenvalue weighted by Gasteiger charge is -2.24. The maximum atomic E-state index is 11.6. The van der Waals surface area contributed by atoms with Crippen LogP contribution in [0.1, 0.15) is 6.92 Å². The normalized spacial score (nSPS) is 13.1. The van der Waals surface area contributed by atoms with Crippen molar-refractivity contribution in [1.82, 2.24) is 10.5 Å². The monoisotopic (exact) mass is 240 g/mol.